The Bertz CT molecular complexity index is 542. The minimum Gasteiger partial charge on any atom is -0.486 e. The molecule has 0 amide bonds. The summed E-state index contributed by atoms with van der Waals surface area (Å²) in [7, 11) is 0. The molecule has 90 valence electrons. The summed E-state index contributed by atoms with van der Waals surface area (Å²) >= 11 is 22.8. The van der Waals surface area contributed by atoms with Crippen molar-refractivity contribution in [3.05, 3.63) is 48.0 Å². The molecule has 0 saturated carbocycles. The van der Waals surface area contributed by atoms with E-state index >= 15 is 0 Å². The van der Waals surface area contributed by atoms with Crippen LogP contribution in [0, 0.1) is 0 Å². The maximum absolute atomic E-state index is 6.01. The number of rotatable bonds is 3. The molecule has 2 aromatic rings. The van der Waals surface area contributed by atoms with Crippen molar-refractivity contribution in [2.24, 2.45) is 0 Å². The minimum absolute atomic E-state index is 0.418. The Kier molecular flexibility index (Phi) is 4.61. The van der Waals surface area contributed by atoms with E-state index in [1.165, 1.54) is 0 Å². The minimum atomic E-state index is 0.418. The Balaban J connectivity index is 2.14. The van der Waals surface area contributed by atoms with E-state index < -0.39 is 0 Å². The molecule has 1 heterocycles. The van der Waals surface area contributed by atoms with Gasteiger partial charge in [-0.2, -0.15) is 0 Å². The predicted molar refractivity (Wildman–Crippen MR) is 77.8 cm³/mol. The summed E-state index contributed by atoms with van der Waals surface area (Å²) in [5, 5.41) is 3.28. The molecule has 0 spiro atoms. The van der Waals surface area contributed by atoms with Gasteiger partial charge in [-0.3, -0.25) is 0 Å². The quantitative estimate of drug-likeness (QED) is 0.596. The van der Waals surface area contributed by atoms with E-state index in [-0.39, 0.29) is 0 Å². The van der Waals surface area contributed by atoms with Crippen molar-refractivity contribution in [1.29, 1.82) is 0 Å². The third-order valence-electron chi connectivity index (χ3n) is 2.02. The second kappa shape index (κ2) is 5.81. The molecule has 17 heavy (non-hydrogen) atoms. The molecule has 6 heteroatoms. The van der Waals surface area contributed by atoms with E-state index in [0.29, 0.717) is 27.4 Å². The van der Waals surface area contributed by atoms with Crippen LogP contribution in [-0.2, 0) is 6.61 Å². The highest BCUT2D eigenvalue weighted by atomic mass is 79.9. The number of thiophene rings is 1. The topological polar surface area (TPSA) is 9.23 Å². The summed E-state index contributed by atoms with van der Waals surface area (Å²) in [6.07, 6.45) is 0. The fourth-order valence-electron chi connectivity index (χ4n) is 1.19. The van der Waals surface area contributed by atoms with E-state index in [9.17, 15) is 0 Å². The summed E-state index contributed by atoms with van der Waals surface area (Å²) in [6.45, 7) is 0.440. The van der Waals surface area contributed by atoms with Crippen LogP contribution in [0.3, 0.4) is 0 Å². The van der Waals surface area contributed by atoms with Crippen molar-refractivity contribution in [3.63, 3.8) is 0 Å². The lowest BCUT2D eigenvalue weighted by Gasteiger charge is -2.08. The van der Waals surface area contributed by atoms with Gasteiger partial charge in [-0.05, 0) is 33.4 Å². The number of hydrogen-bond acceptors (Lipinski definition) is 2. The first-order valence-electron chi connectivity index (χ1n) is 4.57. The Morgan fingerprint density at radius 1 is 1.12 bits per heavy atom. The highest BCUT2D eigenvalue weighted by molar-refractivity contribution is 9.10. The van der Waals surface area contributed by atoms with Crippen molar-refractivity contribution in [2.45, 2.75) is 6.61 Å². The Morgan fingerprint density at radius 2 is 1.82 bits per heavy atom. The largest absolute Gasteiger partial charge is 0.486 e. The Hall–Kier alpha value is 0.0700. The third kappa shape index (κ3) is 3.30. The number of hydrogen-bond donors (Lipinski definition) is 0. The molecule has 1 aromatic heterocycles. The molecule has 0 N–H and O–H groups in total. The zero-order valence-electron chi connectivity index (χ0n) is 8.34. The van der Waals surface area contributed by atoms with Crippen LogP contribution in [0.1, 0.15) is 4.88 Å². The first-order valence-corrected chi connectivity index (χ1v) is 7.38. The van der Waals surface area contributed by atoms with Gasteiger partial charge in [0.2, 0.25) is 0 Å². The normalized spacial score (nSPS) is 10.6. The molecular formula is C11H6BrCl3OS. The van der Waals surface area contributed by atoms with Gasteiger partial charge >= 0.3 is 0 Å². The van der Waals surface area contributed by atoms with E-state index in [2.05, 4.69) is 15.9 Å². The van der Waals surface area contributed by atoms with E-state index in [1.54, 1.807) is 23.5 Å². The maximum Gasteiger partial charge on any atom is 0.140 e. The smallest absolute Gasteiger partial charge is 0.140 e. The summed E-state index contributed by atoms with van der Waals surface area (Å²) in [5.41, 5.74) is 0. The van der Waals surface area contributed by atoms with E-state index in [1.807, 2.05) is 11.4 Å². The second-order valence-corrected chi connectivity index (χ2v) is 6.25. The molecule has 0 unspecified atom stereocenters. The number of ether oxygens (including phenoxy) is 1. The monoisotopic (exact) mass is 370 g/mol. The van der Waals surface area contributed by atoms with Gasteiger partial charge in [-0.15, -0.1) is 11.3 Å². The second-order valence-electron chi connectivity index (χ2n) is 3.18. The molecule has 0 radical (unpaired) electrons. The zero-order valence-corrected chi connectivity index (χ0v) is 13.0. The molecule has 0 atom stereocenters. The van der Waals surface area contributed by atoms with Crippen molar-refractivity contribution in [2.75, 3.05) is 0 Å². The van der Waals surface area contributed by atoms with E-state index in [0.717, 1.165) is 9.35 Å². The first kappa shape index (κ1) is 13.5. The van der Waals surface area contributed by atoms with Crippen molar-refractivity contribution >= 4 is 62.1 Å². The van der Waals surface area contributed by atoms with Gasteiger partial charge in [0.25, 0.3) is 0 Å². The average Bonchev–Trinajstić information content (AvgIpc) is 2.68. The van der Waals surface area contributed by atoms with Crippen molar-refractivity contribution in [1.82, 2.24) is 0 Å². The standard InChI is InChI=1S/C11H6BrCl3OS/c12-6-1-2-17-11(6)5-16-10-4-8(14)7(13)3-9(10)15/h1-4H,5H2. The van der Waals surface area contributed by atoms with Crippen LogP contribution >= 0.6 is 62.1 Å². The van der Waals surface area contributed by atoms with Crippen LogP contribution < -0.4 is 4.74 Å². The molecule has 0 bridgehead atoms. The van der Waals surface area contributed by atoms with Crippen LogP contribution in [0.15, 0.2) is 28.1 Å². The lowest BCUT2D eigenvalue weighted by molar-refractivity contribution is 0.309. The van der Waals surface area contributed by atoms with Gasteiger partial charge in [-0.25, -0.2) is 0 Å². The Labute approximate surface area is 126 Å². The zero-order chi connectivity index (χ0) is 12.4. The number of benzene rings is 1. The van der Waals surface area contributed by atoms with Gasteiger partial charge in [0, 0.05) is 10.5 Å². The summed E-state index contributed by atoms with van der Waals surface area (Å²) < 4.78 is 6.63. The molecular weight excluding hydrogens is 366 g/mol. The Morgan fingerprint density at radius 3 is 2.47 bits per heavy atom. The highest BCUT2D eigenvalue weighted by Crippen LogP contribution is 2.35. The maximum atomic E-state index is 6.01. The molecule has 0 saturated heterocycles. The van der Waals surface area contributed by atoms with Gasteiger partial charge < -0.3 is 4.74 Å². The fraction of sp³-hybridized carbons (Fsp3) is 0.0909. The summed E-state index contributed by atoms with van der Waals surface area (Å²) in [4.78, 5) is 1.09. The molecule has 0 aliphatic heterocycles. The van der Waals surface area contributed by atoms with Crippen LogP contribution in [0.4, 0.5) is 0 Å². The fourth-order valence-corrected chi connectivity index (χ4v) is 3.16. The van der Waals surface area contributed by atoms with Crippen LogP contribution in [-0.4, -0.2) is 0 Å². The highest BCUT2D eigenvalue weighted by Gasteiger charge is 2.08. The average molecular weight is 372 g/mol. The summed E-state index contributed by atoms with van der Waals surface area (Å²) in [6, 6.07) is 5.16. The molecule has 0 fully saturated rings. The SMILES string of the molecule is Clc1cc(Cl)c(OCc2sccc2Br)cc1Cl. The van der Waals surface area contributed by atoms with Gasteiger partial charge in [0.15, 0.2) is 0 Å². The van der Waals surface area contributed by atoms with Crippen molar-refractivity contribution < 1.29 is 4.74 Å². The van der Waals surface area contributed by atoms with Gasteiger partial charge in [0.1, 0.15) is 12.4 Å². The lowest BCUT2D eigenvalue weighted by Crippen LogP contribution is -1.94. The first-order chi connectivity index (χ1) is 8.08. The van der Waals surface area contributed by atoms with Crippen molar-refractivity contribution in [3.8, 4) is 5.75 Å². The van der Waals surface area contributed by atoms with Crippen LogP contribution in [0.5, 0.6) is 5.75 Å². The molecule has 1 aromatic carbocycles. The van der Waals surface area contributed by atoms with E-state index in [4.69, 9.17) is 39.5 Å². The molecule has 0 aliphatic carbocycles. The molecule has 2 rings (SSSR count). The summed E-state index contributed by atoms with van der Waals surface area (Å²) in [5.74, 6) is 0.529. The molecule has 0 aliphatic rings. The van der Waals surface area contributed by atoms with Gasteiger partial charge in [-0.1, -0.05) is 34.8 Å². The lowest BCUT2D eigenvalue weighted by atomic mass is 10.3. The van der Waals surface area contributed by atoms with Crippen LogP contribution in [0.25, 0.3) is 0 Å². The third-order valence-corrected chi connectivity index (χ3v) is 4.94. The number of halogens is 4. The molecule has 1 nitrogen and oxygen atoms in total. The van der Waals surface area contributed by atoms with Gasteiger partial charge in [0.05, 0.1) is 19.9 Å². The van der Waals surface area contributed by atoms with Crippen LogP contribution in [0.2, 0.25) is 15.1 Å². The predicted octanol–water partition coefficient (Wildman–Crippen LogP) is 6.05.